The lowest BCUT2D eigenvalue weighted by molar-refractivity contribution is 0.0614. The molecule has 27 heavy (non-hydrogen) atoms. The maximum atomic E-state index is 13.1. The van der Waals surface area contributed by atoms with Crippen LogP contribution >= 0.6 is 0 Å². The van der Waals surface area contributed by atoms with Crippen LogP contribution in [0.3, 0.4) is 0 Å². The van der Waals surface area contributed by atoms with Gasteiger partial charge in [0.1, 0.15) is 11.6 Å². The average molecular weight is 371 g/mol. The number of aromatic nitrogens is 5. The summed E-state index contributed by atoms with van der Waals surface area (Å²) >= 11 is 0. The minimum absolute atomic E-state index is 0.123. The molecule has 1 saturated heterocycles. The second kappa shape index (κ2) is 7.23. The van der Waals surface area contributed by atoms with Gasteiger partial charge in [-0.25, -0.2) is 4.39 Å². The van der Waals surface area contributed by atoms with Gasteiger partial charge in [0.15, 0.2) is 11.5 Å². The number of hydrogen-bond acceptors (Lipinski definition) is 7. The third kappa shape index (κ3) is 3.70. The van der Waals surface area contributed by atoms with Gasteiger partial charge >= 0.3 is 0 Å². The summed E-state index contributed by atoms with van der Waals surface area (Å²) in [4.78, 5) is 16.4. The molecular formula is C17H18FN7O2. The van der Waals surface area contributed by atoms with E-state index >= 15 is 0 Å². The molecule has 0 N–H and O–H groups in total. The van der Waals surface area contributed by atoms with Gasteiger partial charge < -0.3 is 9.42 Å². The second-order valence-corrected chi connectivity index (χ2v) is 6.37. The molecule has 0 unspecified atom stereocenters. The molecular weight excluding hydrogens is 353 g/mol. The fraction of sp³-hybridized carbons (Fsp3) is 0.353. The summed E-state index contributed by atoms with van der Waals surface area (Å²) in [6.45, 7) is 4.85. The number of benzene rings is 1. The van der Waals surface area contributed by atoms with Crippen molar-refractivity contribution in [3.8, 4) is 5.69 Å². The van der Waals surface area contributed by atoms with Crippen LogP contribution in [0.5, 0.6) is 0 Å². The van der Waals surface area contributed by atoms with Crippen molar-refractivity contribution in [3.63, 3.8) is 0 Å². The molecule has 0 bridgehead atoms. The predicted octanol–water partition coefficient (Wildman–Crippen LogP) is 1.06. The van der Waals surface area contributed by atoms with Gasteiger partial charge in [-0.15, -0.1) is 5.10 Å². The Kier molecular flexibility index (Phi) is 4.63. The molecule has 0 saturated carbocycles. The lowest BCUT2D eigenvalue weighted by atomic mass is 10.2. The number of amides is 1. The highest BCUT2D eigenvalue weighted by molar-refractivity contribution is 5.92. The highest BCUT2D eigenvalue weighted by Crippen LogP contribution is 2.13. The summed E-state index contributed by atoms with van der Waals surface area (Å²) in [7, 11) is 0. The molecule has 0 aliphatic carbocycles. The Morgan fingerprint density at radius 1 is 1.19 bits per heavy atom. The van der Waals surface area contributed by atoms with Gasteiger partial charge in [0.05, 0.1) is 12.2 Å². The Bertz CT molecular complexity index is 929. The fourth-order valence-corrected chi connectivity index (χ4v) is 3.03. The van der Waals surface area contributed by atoms with E-state index in [1.165, 1.54) is 12.1 Å². The topological polar surface area (TPSA) is 93.2 Å². The summed E-state index contributed by atoms with van der Waals surface area (Å²) in [5.41, 5.74) is 1.04. The van der Waals surface area contributed by atoms with Crippen molar-refractivity contribution >= 4 is 5.91 Å². The van der Waals surface area contributed by atoms with Crippen LogP contribution in [-0.2, 0) is 6.54 Å². The number of aryl methyl sites for hydroxylation is 1. The quantitative estimate of drug-likeness (QED) is 0.677. The molecule has 140 valence electrons. The van der Waals surface area contributed by atoms with Crippen LogP contribution in [0.25, 0.3) is 5.69 Å². The van der Waals surface area contributed by atoms with Crippen molar-refractivity contribution in [3.05, 3.63) is 53.4 Å². The van der Waals surface area contributed by atoms with Gasteiger partial charge in [-0.1, -0.05) is 5.16 Å². The van der Waals surface area contributed by atoms with E-state index in [-0.39, 0.29) is 11.7 Å². The highest BCUT2D eigenvalue weighted by Gasteiger charge is 2.25. The Hall–Kier alpha value is -3.14. The first-order valence-electron chi connectivity index (χ1n) is 8.58. The van der Waals surface area contributed by atoms with Gasteiger partial charge in [-0.2, -0.15) is 4.68 Å². The van der Waals surface area contributed by atoms with Crippen molar-refractivity contribution < 1.29 is 13.7 Å². The monoisotopic (exact) mass is 371 g/mol. The number of carbonyl (C=O) groups is 1. The van der Waals surface area contributed by atoms with Gasteiger partial charge in [-0.3, -0.25) is 9.69 Å². The maximum absolute atomic E-state index is 13.1. The molecule has 4 rings (SSSR count). The Morgan fingerprint density at radius 3 is 2.59 bits per heavy atom. The van der Waals surface area contributed by atoms with Crippen molar-refractivity contribution in [2.75, 3.05) is 26.2 Å². The molecule has 3 heterocycles. The number of rotatable bonds is 4. The van der Waals surface area contributed by atoms with Gasteiger partial charge in [0.25, 0.3) is 5.91 Å². The van der Waals surface area contributed by atoms with E-state index in [1.807, 2.05) is 0 Å². The molecule has 2 aromatic heterocycles. The number of tetrazole rings is 1. The lowest BCUT2D eigenvalue weighted by Gasteiger charge is -2.33. The number of hydrogen-bond donors (Lipinski definition) is 0. The number of nitrogens with zero attached hydrogens (tertiary/aromatic N) is 7. The molecule has 1 aromatic carbocycles. The minimum atomic E-state index is -0.309. The number of piperazine rings is 1. The normalized spacial score (nSPS) is 15.3. The van der Waals surface area contributed by atoms with Crippen LogP contribution in [0.2, 0.25) is 0 Å². The summed E-state index contributed by atoms with van der Waals surface area (Å²) in [6, 6.07) is 7.65. The van der Waals surface area contributed by atoms with E-state index in [0.717, 1.165) is 0 Å². The molecule has 10 heteroatoms. The van der Waals surface area contributed by atoms with E-state index in [1.54, 1.807) is 34.7 Å². The fourth-order valence-electron chi connectivity index (χ4n) is 3.03. The SMILES string of the molecule is Cc1cc(C(=O)N2CCN(Cc3nnnn3-c3ccc(F)cc3)CC2)no1. The number of carbonyl (C=O) groups excluding carboxylic acids is 1. The first kappa shape index (κ1) is 17.3. The molecule has 0 spiro atoms. The Morgan fingerprint density at radius 2 is 1.93 bits per heavy atom. The van der Waals surface area contributed by atoms with Gasteiger partial charge in [0.2, 0.25) is 0 Å². The minimum Gasteiger partial charge on any atom is -0.361 e. The molecule has 3 aromatic rings. The van der Waals surface area contributed by atoms with Crippen LogP contribution in [0.1, 0.15) is 22.1 Å². The number of halogens is 1. The van der Waals surface area contributed by atoms with Crippen LogP contribution < -0.4 is 0 Å². The van der Waals surface area contributed by atoms with Gasteiger partial charge in [0, 0.05) is 32.2 Å². The van der Waals surface area contributed by atoms with Crippen LogP contribution in [0, 0.1) is 12.7 Å². The largest absolute Gasteiger partial charge is 0.361 e. The molecule has 1 aliphatic heterocycles. The molecule has 0 radical (unpaired) electrons. The standard InChI is InChI=1S/C17H18FN7O2/c1-12-10-15(20-27-12)17(26)24-8-6-23(7-9-24)11-16-19-21-22-25(16)14-4-2-13(18)3-5-14/h2-5,10H,6-9,11H2,1H3. The van der Waals surface area contributed by atoms with Crippen molar-refractivity contribution in [1.29, 1.82) is 0 Å². The third-order valence-electron chi connectivity index (χ3n) is 4.48. The van der Waals surface area contributed by atoms with E-state index < -0.39 is 0 Å². The van der Waals surface area contributed by atoms with Crippen molar-refractivity contribution in [2.24, 2.45) is 0 Å². The maximum Gasteiger partial charge on any atom is 0.276 e. The summed E-state index contributed by atoms with van der Waals surface area (Å²) < 4.78 is 19.7. The molecule has 1 aliphatic rings. The second-order valence-electron chi connectivity index (χ2n) is 6.37. The first-order chi connectivity index (χ1) is 13.1. The third-order valence-corrected chi connectivity index (χ3v) is 4.48. The molecule has 9 nitrogen and oxygen atoms in total. The Balaban J connectivity index is 1.38. The van der Waals surface area contributed by atoms with Gasteiger partial charge in [-0.05, 0) is 41.6 Å². The zero-order chi connectivity index (χ0) is 18.8. The lowest BCUT2D eigenvalue weighted by Crippen LogP contribution is -2.48. The molecule has 1 fully saturated rings. The summed E-state index contributed by atoms with van der Waals surface area (Å²) in [5, 5.41) is 15.6. The van der Waals surface area contributed by atoms with E-state index in [4.69, 9.17) is 4.52 Å². The van der Waals surface area contributed by atoms with Crippen LogP contribution in [-0.4, -0.2) is 67.2 Å². The zero-order valence-electron chi connectivity index (χ0n) is 14.7. The Labute approximate surface area is 154 Å². The molecule has 0 atom stereocenters. The van der Waals surface area contributed by atoms with E-state index in [0.29, 0.717) is 55.7 Å². The first-order valence-corrected chi connectivity index (χ1v) is 8.58. The van der Waals surface area contributed by atoms with Crippen molar-refractivity contribution in [2.45, 2.75) is 13.5 Å². The van der Waals surface area contributed by atoms with Crippen LogP contribution in [0.4, 0.5) is 4.39 Å². The zero-order valence-corrected chi connectivity index (χ0v) is 14.7. The molecule has 1 amide bonds. The summed E-state index contributed by atoms with van der Waals surface area (Å²) in [6.07, 6.45) is 0. The van der Waals surface area contributed by atoms with E-state index in [9.17, 15) is 9.18 Å². The smallest absolute Gasteiger partial charge is 0.276 e. The average Bonchev–Trinajstić information content (AvgIpc) is 3.32. The summed E-state index contributed by atoms with van der Waals surface area (Å²) in [5.74, 6) is 0.845. The van der Waals surface area contributed by atoms with Crippen LogP contribution in [0.15, 0.2) is 34.9 Å². The predicted molar refractivity (Wildman–Crippen MR) is 91.5 cm³/mol. The van der Waals surface area contributed by atoms with E-state index in [2.05, 4.69) is 25.6 Å². The highest BCUT2D eigenvalue weighted by atomic mass is 19.1. The van der Waals surface area contributed by atoms with Crippen molar-refractivity contribution in [1.82, 2.24) is 35.2 Å².